The average Bonchev–Trinajstić information content (AvgIpc) is 3.46. The van der Waals surface area contributed by atoms with Gasteiger partial charge >= 0.3 is 5.97 Å². The highest BCUT2D eigenvalue weighted by Gasteiger charge is 2.34. The quantitative estimate of drug-likeness (QED) is 0.363. The third-order valence-corrected chi connectivity index (χ3v) is 5.60. The van der Waals surface area contributed by atoms with Crippen LogP contribution in [0.4, 0.5) is 0 Å². The van der Waals surface area contributed by atoms with Crippen LogP contribution in [-0.2, 0) is 11.3 Å². The van der Waals surface area contributed by atoms with E-state index in [1.54, 1.807) is 18.2 Å². The van der Waals surface area contributed by atoms with Crippen LogP contribution in [0.15, 0.2) is 48.4 Å². The lowest BCUT2D eigenvalue weighted by Crippen LogP contribution is -2.10. The number of esters is 1. The molecule has 5 nitrogen and oxygen atoms in total. The van der Waals surface area contributed by atoms with Crippen LogP contribution in [0.2, 0.25) is 0 Å². The van der Waals surface area contributed by atoms with Gasteiger partial charge < -0.3 is 14.0 Å². The highest BCUT2D eigenvalue weighted by Crippen LogP contribution is 2.40. The summed E-state index contributed by atoms with van der Waals surface area (Å²) in [5, 5.41) is 1.07. The Balaban J connectivity index is 1.51. The van der Waals surface area contributed by atoms with E-state index in [9.17, 15) is 9.59 Å². The number of aryl methyl sites for hydroxylation is 1. The normalized spacial score (nSPS) is 16.9. The minimum atomic E-state index is -0.208. The molecule has 2 aliphatic rings. The van der Waals surface area contributed by atoms with Crippen molar-refractivity contribution in [3.05, 3.63) is 65.0 Å². The van der Waals surface area contributed by atoms with Crippen molar-refractivity contribution in [2.75, 3.05) is 0 Å². The second-order valence-corrected chi connectivity index (χ2v) is 7.59. The summed E-state index contributed by atoms with van der Waals surface area (Å²) in [5.41, 5.74) is 3.23. The van der Waals surface area contributed by atoms with Crippen LogP contribution in [0.3, 0.4) is 0 Å². The zero-order valence-electron chi connectivity index (χ0n) is 16.4. The van der Waals surface area contributed by atoms with E-state index in [2.05, 4.69) is 17.6 Å². The van der Waals surface area contributed by atoms with Crippen LogP contribution >= 0.6 is 0 Å². The fourth-order valence-electron chi connectivity index (χ4n) is 3.78. The van der Waals surface area contributed by atoms with Gasteiger partial charge in [-0.1, -0.05) is 18.2 Å². The minimum Gasteiger partial charge on any atom is -0.452 e. The number of hydrogen-bond acceptors (Lipinski definition) is 4. The third-order valence-electron chi connectivity index (χ3n) is 5.60. The molecule has 3 aromatic rings. The van der Waals surface area contributed by atoms with Gasteiger partial charge in [0.2, 0.25) is 5.78 Å². The summed E-state index contributed by atoms with van der Waals surface area (Å²) in [7, 11) is 0. The summed E-state index contributed by atoms with van der Waals surface area (Å²) in [6, 6.07) is 11.5. The molecule has 0 radical (unpaired) electrons. The van der Waals surface area contributed by atoms with E-state index in [0.29, 0.717) is 22.6 Å². The lowest BCUT2D eigenvalue weighted by atomic mass is 10.1. The Morgan fingerprint density at radius 3 is 2.79 bits per heavy atom. The summed E-state index contributed by atoms with van der Waals surface area (Å²) in [6.07, 6.45) is 5.60. The third kappa shape index (κ3) is 2.94. The molecule has 1 saturated carbocycles. The molecule has 0 bridgehead atoms. The monoisotopic (exact) mass is 387 g/mol. The van der Waals surface area contributed by atoms with E-state index in [0.717, 1.165) is 35.9 Å². The van der Waals surface area contributed by atoms with Crippen molar-refractivity contribution in [1.82, 2.24) is 4.57 Å². The fourth-order valence-corrected chi connectivity index (χ4v) is 3.78. The molecule has 29 heavy (non-hydrogen) atoms. The van der Waals surface area contributed by atoms with E-state index in [4.69, 9.17) is 9.47 Å². The van der Waals surface area contributed by atoms with Crippen molar-refractivity contribution >= 4 is 28.7 Å². The number of aromatic nitrogens is 1. The molecule has 1 aromatic heterocycles. The molecule has 0 amide bonds. The lowest BCUT2D eigenvalue weighted by Gasteiger charge is -2.09. The lowest BCUT2D eigenvalue weighted by molar-refractivity contribution is -0.135. The zero-order valence-corrected chi connectivity index (χ0v) is 16.4. The first-order chi connectivity index (χ1) is 14.1. The van der Waals surface area contributed by atoms with E-state index in [-0.39, 0.29) is 23.4 Å². The van der Waals surface area contributed by atoms with Crippen LogP contribution in [0.5, 0.6) is 11.5 Å². The maximum atomic E-state index is 12.9. The van der Waals surface area contributed by atoms with Gasteiger partial charge in [-0.25, -0.2) is 0 Å². The molecule has 2 aromatic carbocycles. The maximum absolute atomic E-state index is 12.9. The number of benzene rings is 2. The van der Waals surface area contributed by atoms with E-state index in [1.807, 2.05) is 31.3 Å². The van der Waals surface area contributed by atoms with Crippen molar-refractivity contribution in [3.63, 3.8) is 0 Å². The molecular formula is C24H21NO4. The topological polar surface area (TPSA) is 57.5 Å². The summed E-state index contributed by atoms with van der Waals surface area (Å²) in [5.74, 6) is 0.861. The maximum Gasteiger partial charge on any atom is 0.314 e. The van der Waals surface area contributed by atoms with Crippen LogP contribution in [-0.4, -0.2) is 16.3 Å². The molecule has 5 heteroatoms. The Morgan fingerprint density at radius 2 is 2.03 bits per heavy atom. The van der Waals surface area contributed by atoms with Gasteiger partial charge in [0.25, 0.3) is 0 Å². The number of hydrogen-bond donors (Lipinski definition) is 0. The largest absolute Gasteiger partial charge is 0.452 e. The molecule has 0 saturated heterocycles. The Kier molecular flexibility index (Phi) is 4.05. The molecular weight excluding hydrogens is 366 g/mol. The first kappa shape index (κ1) is 17.7. The van der Waals surface area contributed by atoms with Crippen LogP contribution < -0.4 is 9.47 Å². The molecule has 1 fully saturated rings. The standard InChI is InChI=1S/C24H21NO4/c1-3-25-13-16(17-6-4-5-7-19(17)25)12-21-22(26)18-10-11-20(14(2)23(18)28-21)29-24(27)15-8-9-15/h4-7,10-13,15H,3,8-9H2,1-2H3/b21-12+. The zero-order chi connectivity index (χ0) is 20.1. The van der Waals surface area contributed by atoms with E-state index < -0.39 is 0 Å². The molecule has 0 spiro atoms. The molecule has 1 aliphatic carbocycles. The van der Waals surface area contributed by atoms with Gasteiger partial charge in [-0.3, -0.25) is 9.59 Å². The first-order valence-corrected chi connectivity index (χ1v) is 9.94. The number of ketones is 1. The van der Waals surface area contributed by atoms with Gasteiger partial charge in [-0.2, -0.15) is 0 Å². The van der Waals surface area contributed by atoms with Crippen molar-refractivity contribution < 1.29 is 19.1 Å². The van der Waals surface area contributed by atoms with Crippen LogP contribution in [0.25, 0.3) is 17.0 Å². The summed E-state index contributed by atoms with van der Waals surface area (Å²) >= 11 is 0. The Labute approximate surface area is 168 Å². The van der Waals surface area contributed by atoms with Crippen molar-refractivity contribution in [1.29, 1.82) is 0 Å². The molecule has 5 rings (SSSR count). The molecule has 0 unspecified atom stereocenters. The fraction of sp³-hybridized carbons (Fsp3) is 0.250. The van der Waals surface area contributed by atoms with Crippen molar-refractivity contribution in [3.8, 4) is 11.5 Å². The van der Waals surface area contributed by atoms with Crippen LogP contribution in [0, 0.1) is 12.8 Å². The number of carbonyl (C=O) groups is 2. The highest BCUT2D eigenvalue weighted by molar-refractivity contribution is 6.15. The minimum absolute atomic E-state index is 0.0107. The van der Waals surface area contributed by atoms with Gasteiger partial charge in [-0.05, 0) is 51.0 Å². The number of Topliss-reactive ketones (excluding diaryl/α,β-unsaturated/α-hetero) is 1. The first-order valence-electron chi connectivity index (χ1n) is 9.94. The van der Waals surface area contributed by atoms with Gasteiger partial charge in [0.1, 0.15) is 11.5 Å². The highest BCUT2D eigenvalue weighted by atomic mass is 16.5. The Hall–Kier alpha value is -3.34. The van der Waals surface area contributed by atoms with Crippen molar-refractivity contribution in [2.45, 2.75) is 33.2 Å². The van der Waals surface area contributed by atoms with Gasteiger partial charge in [0, 0.05) is 34.8 Å². The average molecular weight is 387 g/mol. The second kappa shape index (κ2) is 6.62. The van der Waals surface area contributed by atoms with Gasteiger partial charge in [0.15, 0.2) is 5.76 Å². The van der Waals surface area contributed by atoms with Gasteiger partial charge in [-0.15, -0.1) is 0 Å². The summed E-state index contributed by atoms with van der Waals surface area (Å²) < 4.78 is 13.6. The number of rotatable bonds is 4. The molecule has 1 aliphatic heterocycles. The van der Waals surface area contributed by atoms with E-state index >= 15 is 0 Å². The van der Waals surface area contributed by atoms with Gasteiger partial charge in [0.05, 0.1) is 11.5 Å². The number of carbonyl (C=O) groups excluding carboxylic acids is 2. The molecule has 146 valence electrons. The number of nitrogens with zero attached hydrogens (tertiary/aromatic N) is 1. The molecule has 0 atom stereocenters. The Morgan fingerprint density at radius 1 is 1.24 bits per heavy atom. The SMILES string of the molecule is CCn1cc(/C=C2/Oc3c(ccc(OC(=O)C4CC4)c3C)C2=O)c2ccccc21. The molecule has 2 heterocycles. The summed E-state index contributed by atoms with van der Waals surface area (Å²) in [6.45, 7) is 4.74. The second-order valence-electron chi connectivity index (χ2n) is 7.59. The number of ether oxygens (including phenoxy) is 2. The number of para-hydroxylation sites is 1. The van der Waals surface area contributed by atoms with Crippen molar-refractivity contribution in [2.24, 2.45) is 5.92 Å². The number of allylic oxidation sites excluding steroid dienone is 1. The smallest absolute Gasteiger partial charge is 0.314 e. The van der Waals surface area contributed by atoms with E-state index in [1.165, 1.54) is 0 Å². The Bertz CT molecular complexity index is 1200. The summed E-state index contributed by atoms with van der Waals surface area (Å²) in [4.78, 5) is 24.9. The van der Waals surface area contributed by atoms with Crippen LogP contribution in [0.1, 0.15) is 41.3 Å². The predicted molar refractivity (Wildman–Crippen MR) is 110 cm³/mol. The molecule has 0 N–H and O–H groups in total. The number of fused-ring (bicyclic) bond motifs is 2. The predicted octanol–water partition coefficient (Wildman–Crippen LogP) is 4.90.